The number of Topliss-reactive ketones (excluding diaryl/α,β-unsaturated/α-hetero) is 1. The van der Waals surface area contributed by atoms with Gasteiger partial charge in [-0.25, -0.2) is 0 Å². The minimum absolute atomic E-state index is 0.135. The van der Waals surface area contributed by atoms with Crippen molar-refractivity contribution in [2.45, 2.75) is 39.0 Å². The number of ether oxygens (including phenoxy) is 1. The van der Waals surface area contributed by atoms with Gasteiger partial charge in [0.05, 0.1) is 5.69 Å². The number of rotatable bonds is 4. The molecule has 0 spiro atoms. The van der Waals surface area contributed by atoms with Crippen LogP contribution >= 0.6 is 11.3 Å². The predicted molar refractivity (Wildman–Crippen MR) is 110 cm³/mol. The Morgan fingerprint density at radius 1 is 1.17 bits per heavy atom. The van der Waals surface area contributed by atoms with Gasteiger partial charge >= 0.3 is 0 Å². The number of amides is 1. The number of ketones is 1. The van der Waals surface area contributed by atoms with Crippen molar-refractivity contribution in [1.29, 1.82) is 0 Å². The van der Waals surface area contributed by atoms with E-state index in [-0.39, 0.29) is 17.1 Å². The lowest BCUT2D eigenvalue weighted by atomic mass is 9.98. The Hall–Kier alpha value is -3.13. The molecule has 7 nitrogen and oxygen atoms in total. The number of aromatic nitrogens is 3. The highest BCUT2D eigenvalue weighted by Gasteiger charge is 2.24. The third-order valence-electron chi connectivity index (χ3n) is 4.42. The summed E-state index contributed by atoms with van der Waals surface area (Å²) in [6, 6.07) is 8.84. The molecule has 0 atom stereocenters. The number of nitrogens with one attached hydrogen (secondary N) is 1. The van der Waals surface area contributed by atoms with Crippen molar-refractivity contribution < 1.29 is 14.3 Å². The Morgan fingerprint density at radius 2 is 2.00 bits per heavy atom. The van der Waals surface area contributed by atoms with E-state index < -0.39 is 0 Å². The number of pyridine rings is 1. The second kappa shape index (κ2) is 7.36. The van der Waals surface area contributed by atoms with Gasteiger partial charge in [-0.2, -0.15) is 0 Å². The zero-order chi connectivity index (χ0) is 20.6. The maximum absolute atomic E-state index is 12.5. The zero-order valence-electron chi connectivity index (χ0n) is 16.4. The van der Waals surface area contributed by atoms with Crippen LogP contribution in [0.3, 0.4) is 0 Å². The lowest BCUT2D eigenvalue weighted by molar-refractivity contribution is -0.117. The van der Waals surface area contributed by atoms with Gasteiger partial charge in [0.15, 0.2) is 0 Å². The minimum Gasteiger partial charge on any atom is -0.457 e. The summed E-state index contributed by atoms with van der Waals surface area (Å²) in [5.41, 5.74) is 2.02. The van der Waals surface area contributed by atoms with E-state index in [0.29, 0.717) is 35.0 Å². The van der Waals surface area contributed by atoms with E-state index in [4.69, 9.17) is 4.74 Å². The van der Waals surface area contributed by atoms with Gasteiger partial charge in [0.1, 0.15) is 22.3 Å². The molecular weight excluding hydrogens is 388 g/mol. The third-order valence-corrected chi connectivity index (χ3v) is 5.77. The molecule has 1 aliphatic carbocycles. The van der Waals surface area contributed by atoms with Crippen LogP contribution in [0.15, 0.2) is 36.5 Å². The van der Waals surface area contributed by atoms with E-state index in [9.17, 15) is 9.59 Å². The van der Waals surface area contributed by atoms with Crippen LogP contribution < -0.4 is 10.1 Å². The first kappa shape index (κ1) is 19.2. The fraction of sp³-hybridized carbons (Fsp3) is 0.286. The highest BCUT2D eigenvalue weighted by Crippen LogP contribution is 2.32. The topological polar surface area (TPSA) is 94.1 Å². The molecule has 0 radical (unpaired) electrons. The second-order valence-electron chi connectivity index (χ2n) is 7.87. The Kier molecular flexibility index (Phi) is 4.87. The first-order valence-corrected chi connectivity index (χ1v) is 10.0. The molecule has 0 saturated heterocycles. The Balaban J connectivity index is 1.50. The number of carbonyl (C=O) groups excluding carboxylic acids is 2. The minimum atomic E-state index is -0.314. The summed E-state index contributed by atoms with van der Waals surface area (Å²) in [6.45, 7) is 6.08. The maximum atomic E-state index is 12.5. The first-order valence-electron chi connectivity index (χ1n) is 9.21. The van der Waals surface area contributed by atoms with E-state index in [1.54, 1.807) is 36.5 Å². The summed E-state index contributed by atoms with van der Waals surface area (Å²) < 4.78 is 5.98. The molecule has 1 aliphatic rings. The fourth-order valence-corrected chi connectivity index (χ4v) is 3.76. The third kappa shape index (κ3) is 4.17. The van der Waals surface area contributed by atoms with Crippen LogP contribution in [0.25, 0.3) is 0 Å². The molecule has 1 aromatic carbocycles. The highest BCUT2D eigenvalue weighted by molar-refractivity contribution is 7.13. The number of hydrogen-bond donors (Lipinski definition) is 1. The van der Waals surface area contributed by atoms with Gasteiger partial charge in [0.25, 0.3) is 5.91 Å². The monoisotopic (exact) mass is 408 g/mol. The van der Waals surface area contributed by atoms with Crippen molar-refractivity contribution in [3.8, 4) is 11.5 Å². The molecule has 1 amide bonds. The average molecular weight is 408 g/mol. The normalized spacial score (nSPS) is 13.3. The highest BCUT2D eigenvalue weighted by atomic mass is 32.1. The largest absolute Gasteiger partial charge is 0.457 e. The van der Waals surface area contributed by atoms with Crippen molar-refractivity contribution >= 4 is 28.7 Å². The van der Waals surface area contributed by atoms with Crippen molar-refractivity contribution in [3.63, 3.8) is 0 Å². The van der Waals surface area contributed by atoms with Gasteiger partial charge in [-0.3, -0.25) is 14.6 Å². The van der Waals surface area contributed by atoms with Gasteiger partial charge in [0, 0.05) is 41.8 Å². The van der Waals surface area contributed by atoms with Crippen LogP contribution in [-0.2, 0) is 23.1 Å². The molecule has 0 saturated carbocycles. The molecule has 29 heavy (non-hydrogen) atoms. The number of hydrogen-bond acceptors (Lipinski definition) is 7. The van der Waals surface area contributed by atoms with Gasteiger partial charge < -0.3 is 10.1 Å². The summed E-state index contributed by atoms with van der Waals surface area (Å²) in [5, 5.41) is 12.1. The molecule has 0 unspecified atom stereocenters. The number of nitrogens with zero attached hydrogens (tertiary/aromatic N) is 3. The van der Waals surface area contributed by atoms with Gasteiger partial charge in [-0.1, -0.05) is 38.2 Å². The lowest BCUT2D eigenvalue weighted by Gasteiger charge is -2.12. The molecule has 8 heteroatoms. The van der Waals surface area contributed by atoms with Crippen molar-refractivity contribution in [2.24, 2.45) is 0 Å². The fourth-order valence-electron chi connectivity index (χ4n) is 2.97. The van der Waals surface area contributed by atoms with Crippen molar-refractivity contribution in [1.82, 2.24) is 15.2 Å². The molecule has 0 bridgehead atoms. The van der Waals surface area contributed by atoms with E-state index in [1.165, 1.54) is 11.3 Å². The molecule has 2 heterocycles. The standard InChI is InChI=1S/C21H20N4O3S/c1-21(2,3)20-25-24-19(29-20)18(27)23-12-5-4-6-14(9-12)28-17-7-8-22-16-11-13(26)10-15(16)17/h4-9H,10-11H2,1-3H3,(H,23,27). The maximum Gasteiger partial charge on any atom is 0.286 e. The van der Waals surface area contributed by atoms with Gasteiger partial charge in [-0.15, -0.1) is 10.2 Å². The Labute approximate surface area is 172 Å². The number of carbonyl (C=O) groups is 2. The Morgan fingerprint density at radius 3 is 2.76 bits per heavy atom. The van der Waals surface area contributed by atoms with E-state index in [2.05, 4.69) is 20.5 Å². The van der Waals surface area contributed by atoms with Gasteiger partial charge in [-0.05, 0) is 18.2 Å². The molecule has 2 aromatic heterocycles. The molecule has 1 N–H and O–H groups in total. The number of anilines is 1. The molecule has 0 fully saturated rings. The van der Waals surface area contributed by atoms with Crippen LogP contribution in [0.2, 0.25) is 0 Å². The predicted octanol–water partition coefficient (Wildman–Crippen LogP) is 3.94. The quantitative estimate of drug-likeness (QED) is 0.703. The molecule has 4 rings (SSSR count). The SMILES string of the molecule is CC(C)(C)c1nnc(C(=O)Nc2cccc(Oc3ccnc4c3CC(=O)C4)c2)s1. The van der Waals surface area contributed by atoms with E-state index >= 15 is 0 Å². The molecular formula is C21H20N4O3S. The lowest BCUT2D eigenvalue weighted by Crippen LogP contribution is -2.11. The summed E-state index contributed by atoms with van der Waals surface area (Å²) in [6.07, 6.45) is 2.32. The summed E-state index contributed by atoms with van der Waals surface area (Å²) >= 11 is 1.28. The second-order valence-corrected chi connectivity index (χ2v) is 8.85. The summed E-state index contributed by atoms with van der Waals surface area (Å²) in [5.74, 6) is 0.994. The van der Waals surface area contributed by atoms with Crippen LogP contribution in [0, 0.1) is 0 Å². The van der Waals surface area contributed by atoms with Gasteiger partial charge in [0.2, 0.25) is 5.01 Å². The van der Waals surface area contributed by atoms with Crippen molar-refractivity contribution in [3.05, 3.63) is 57.8 Å². The van der Waals surface area contributed by atoms with Crippen LogP contribution in [-0.4, -0.2) is 26.9 Å². The van der Waals surface area contributed by atoms with E-state index in [0.717, 1.165) is 16.3 Å². The zero-order valence-corrected chi connectivity index (χ0v) is 17.2. The van der Waals surface area contributed by atoms with E-state index in [1.807, 2.05) is 20.8 Å². The summed E-state index contributed by atoms with van der Waals surface area (Å²) in [7, 11) is 0. The first-order chi connectivity index (χ1) is 13.8. The van der Waals surface area contributed by atoms with Crippen LogP contribution in [0.4, 0.5) is 5.69 Å². The van der Waals surface area contributed by atoms with Crippen molar-refractivity contribution in [2.75, 3.05) is 5.32 Å². The average Bonchev–Trinajstić information content (AvgIpc) is 3.28. The van der Waals surface area contributed by atoms with Crippen LogP contribution in [0.1, 0.15) is 46.8 Å². The van der Waals surface area contributed by atoms with Crippen LogP contribution in [0.5, 0.6) is 11.5 Å². The molecule has 0 aliphatic heterocycles. The molecule has 148 valence electrons. The molecule has 3 aromatic rings. The Bertz CT molecular complexity index is 1100. The number of fused-ring (bicyclic) bond motifs is 1. The number of benzene rings is 1. The summed E-state index contributed by atoms with van der Waals surface area (Å²) in [4.78, 5) is 28.5. The smallest absolute Gasteiger partial charge is 0.286 e.